The number of fused-ring (bicyclic) bond motifs is 3. The lowest BCUT2D eigenvalue weighted by Crippen LogP contribution is -2.29. The Labute approximate surface area is 159 Å². The van der Waals surface area contributed by atoms with Gasteiger partial charge in [0, 0.05) is 28.1 Å². The van der Waals surface area contributed by atoms with Gasteiger partial charge in [0.15, 0.2) is 0 Å². The van der Waals surface area contributed by atoms with E-state index in [1.807, 2.05) is 12.1 Å². The summed E-state index contributed by atoms with van der Waals surface area (Å²) in [5.74, 6) is 0.273. The minimum Gasteiger partial charge on any atom is -0.376 e. The first kappa shape index (κ1) is 16.7. The van der Waals surface area contributed by atoms with E-state index in [1.54, 1.807) is 12.1 Å². The average molecular weight is 396 g/mol. The molecule has 0 radical (unpaired) electrons. The standard InChI is InChI=1S/C18H13Cl3N2O2/c19-9-4-5-13(15(20)6-9)17-12-3-1-2-11(12)14-7-10(23(24)25)8-16(21)18(14)22-17/h1-2,4-8,11-12,17,22H,3H2/t11-,12-,17+/m1/s1. The zero-order chi connectivity index (χ0) is 17.7. The van der Waals surface area contributed by atoms with Crippen molar-refractivity contribution in [2.24, 2.45) is 5.92 Å². The molecule has 4 nitrogen and oxygen atoms in total. The van der Waals surface area contributed by atoms with Crippen LogP contribution >= 0.6 is 34.8 Å². The van der Waals surface area contributed by atoms with Crippen LogP contribution in [0.2, 0.25) is 15.1 Å². The summed E-state index contributed by atoms with van der Waals surface area (Å²) in [6, 6.07) is 8.41. The van der Waals surface area contributed by atoms with E-state index >= 15 is 0 Å². The minimum absolute atomic E-state index is 0.00701. The fourth-order valence-electron chi connectivity index (χ4n) is 3.81. The van der Waals surface area contributed by atoms with Gasteiger partial charge in [-0.05, 0) is 35.6 Å². The van der Waals surface area contributed by atoms with Crippen molar-refractivity contribution in [2.75, 3.05) is 5.32 Å². The number of nitro groups is 1. The van der Waals surface area contributed by atoms with Crippen molar-refractivity contribution in [1.29, 1.82) is 0 Å². The summed E-state index contributed by atoms with van der Waals surface area (Å²) in [6.07, 6.45) is 5.07. The van der Waals surface area contributed by atoms with Crippen molar-refractivity contribution in [1.82, 2.24) is 0 Å². The van der Waals surface area contributed by atoms with Crippen LogP contribution in [0, 0.1) is 16.0 Å². The maximum absolute atomic E-state index is 11.2. The van der Waals surface area contributed by atoms with Crippen molar-refractivity contribution in [3.8, 4) is 0 Å². The summed E-state index contributed by atoms with van der Waals surface area (Å²) in [6.45, 7) is 0. The lowest BCUT2D eigenvalue weighted by molar-refractivity contribution is -0.384. The molecule has 1 N–H and O–H groups in total. The number of hydrogen-bond acceptors (Lipinski definition) is 3. The van der Waals surface area contributed by atoms with E-state index in [2.05, 4.69) is 17.5 Å². The topological polar surface area (TPSA) is 55.2 Å². The number of halogens is 3. The van der Waals surface area contributed by atoms with Gasteiger partial charge in [-0.2, -0.15) is 0 Å². The highest BCUT2D eigenvalue weighted by atomic mass is 35.5. The monoisotopic (exact) mass is 394 g/mol. The van der Waals surface area contributed by atoms with Crippen LogP contribution in [0.25, 0.3) is 0 Å². The van der Waals surface area contributed by atoms with Crippen LogP contribution in [0.4, 0.5) is 11.4 Å². The number of hydrogen-bond donors (Lipinski definition) is 1. The Balaban J connectivity index is 1.84. The zero-order valence-corrected chi connectivity index (χ0v) is 15.1. The third kappa shape index (κ3) is 2.78. The summed E-state index contributed by atoms with van der Waals surface area (Å²) < 4.78 is 0. The Morgan fingerprint density at radius 1 is 1.08 bits per heavy atom. The number of nitrogens with zero attached hydrogens (tertiary/aromatic N) is 1. The molecule has 1 aliphatic heterocycles. The molecule has 7 heteroatoms. The Kier molecular flexibility index (Phi) is 4.14. The number of non-ortho nitro benzene ring substituents is 1. The number of nitrogens with one attached hydrogen (secondary N) is 1. The molecular formula is C18H13Cl3N2O2. The van der Waals surface area contributed by atoms with Crippen molar-refractivity contribution in [3.63, 3.8) is 0 Å². The second-order valence-electron chi connectivity index (χ2n) is 6.29. The molecule has 0 unspecified atom stereocenters. The van der Waals surface area contributed by atoms with E-state index in [0.29, 0.717) is 15.1 Å². The summed E-state index contributed by atoms with van der Waals surface area (Å²) in [7, 11) is 0. The molecule has 1 aliphatic carbocycles. The zero-order valence-electron chi connectivity index (χ0n) is 12.9. The van der Waals surface area contributed by atoms with E-state index in [0.717, 1.165) is 23.2 Å². The van der Waals surface area contributed by atoms with Gasteiger partial charge in [0.2, 0.25) is 0 Å². The molecule has 3 atom stereocenters. The first-order chi connectivity index (χ1) is 12.0. The average Bonchev–Trinajstić information content (AvgIpc) is 3.04. The third-order valence-corrected chi connectivity index (χ3v) is 5.77. The number of allylic oxidation sites excluding steroid dienone is 2. The fraction of sp³-hybridized carbons (Fsp3) is 0.222. The first-order valence-electron chi connectivity index (χ1n) is 7.81. The maximum atomic E-state index is 11.2. The molecule has 0 amide bonds. The Morgan fingerprint density at radius 3 is 2.60 bits per heavy atom. The predicted molar refractivity (Wildman–Crippen MR) is 101 cm³/mol. The second kappa shape index (κ2) is 6.20. The molecule has 4 rings (SSSR count). The van der Waals surface area contributed by atoms with Crippen LogP contribution in [0.5, 0.6) is 0 Å². The predicted octanol–water partition coefficient (Wildman–Crippen LogP) is 6.38. The summed E-state index contributed by atoms with van der Waals surface area (Å²) >= 11 is 18.8. The second-order valence-corrected chi connectivity index (χ2v) is 7.54. The van der Waals surface area contributed by atoms with Crippen LogP contribution in [-0.4, -0.2) is 4.92 Å². The normalized spacial score (nSPS) is 23.7. The number of anilines is 1. The third-order valence-electron chi connectivity index (χ3n) is 4.91. The molecule has 25 heavy (non-hydrogen) atoms. The molecule has 128 valence electrons. The van der Waals surface area contributed by atoms with Crippen LogP contribution in [0.3, 0.4) is 0 Å². The first-order valence-corrected chi connectivity index (χ1v) is 8.95. The highest BCUT2D eigenvalue weighted by molar-refractivity contribution is 6.35. The van der Waals surface area contributed by atoms with Crippen molar-refractivity contribution < 1.29 is 4.92 Å². The highest BCUT2D eigenvalue weighted by Crippen LogP contribution is 2.53. The van der Waals surface area contributed by atoms with Gasteiger partial charge < -0.3 is 5.32 Å². The van der Waals surface area contributed by atoms with Gasteiger partial charge in [-0.25, -0.2) is 0 Å². The van der Waals surface area contributed by atoms with Gasteiger partial charge in [-0.1, -0.05) is 53.0 Å². The Bertz CT molecular complexity index is 913. The molecule has 0 bridgehead atoms. The highest BCUT2D eigenvalue weighted by Gasteiger charge is 2.40. The largest absolute Gasteiger partial charge is 0.376 e. The van der Waals surface area contributed by atoms with Gasteiger partial charge in [-0.3, -0.25) is 10.1 Å². The van der Waals surface area contributed by atoms with Gasteiger partial charge >= 0.3 is 0 Å². The SMILES string of the molecule is O=[N+]([O-])c1cc(Cl)c2c(c1)[C@@H]1C=CC[C@H]1[C@@H](c1ccc(Cl)cc1Cl)N2. The molecule has 0 aromatic heterocycles. The van der Waals surface area contributed by atoms with Crippen LogP contribution in [0.15, 0.2) is 42.5 Å². The van der Waals surface area contributed by atoms with Crippen LogP contribution < -0.4 is 5.32 Å². The van der Waals surface area contributed by atoms with E-state index in [9.17, 15) is 10.1 Å². The van der Waals surface area contributed by atoms with E-state index < -0.39 is 4.92 Å². The van der Waals surface area contributed by atoms with Gasteiger partial charge in [0.25, 0.3) is 5.69 Å². The smallest absolute Gasteiger partial charge is 0.271 e. The van der Waals surface area contributed by atoms with E-state index in [-0.39, 0.29) is 23.6 Å². The van der Waals surface area contributed by atoms with E-state index in [1.165, 1.54) is 6.07 Å². The molecule has 2 aromatic rings. The molecule has 2 aromatic carbocycles. The van der Waals surface area contributed by atoms with Gasteiger partial charge in [0.1, 0.15) is 0 Å². The number of rotatable bonds is 2. The molecular weight excluding hydrogens is 383 g/mol. The van der Waals surface area contributed by atoms with E-state index in [4.69, 9.17) is 34.8 Å². The van der Waals surface area contributed by atoms with Gasteiger partial charge in [0.05, 0.1) is 21.7 Å². The Hall–Kier alpha value is -1.75. The molecule has 0 saturated heterocycles. The maximum Gasteiger partial charge on any atom is 0.271 e. The van der Waals surface area contributed by atoms with Crippen molar-refractivity contribution in [2.45, 2.75) is 18.4 Å². The number of benzene rings is 2. The molecule has 2 aliphatic rings. The summed E-state index contributed by atoms with van der Waals surface area (Å²) in [4.78, 5) is 10.8. The minimum atomic E-state index is -0.415. The molecule has 0 saturated carbocycles. The molecule has 0 spiro atoms. The molecule has 1 heterocycles. The summed E-state index contributed by atoms with van der Waals surface area (Å²) in [5, 5.41) is 16.2. The fourth-order valence-corrected chi connectivity index (χ4v) is 4.61. The van der Waals surface area contributed by atoms with Crippen molar-refractivity contribution >= 4 is 46.2 Å². The lowest BCUT2D eigenvalue weighted by Gasteiger charge is -2.38. The Morgan fingerprint density at radius 2 is 1.88 bits per heavy atom. The lowest BCUT2D eigenvalue weighted by atomic mass is 9.77. The van der Waals surface area contributed by atoms with Gasteiger partial charge in [-0.15, -0.1) is 0 Å². The van der Waals surface area contributed by atoms with Crippen LogP contribution in [0.1, 0.15) is 29.5 Å². The quantitative estimate of drug-likeness (QED) is 0.364. The van der Waals surface area contributed by atoms with Crippen LogP contribution in [-0.2, 0) is 0 Å². The van der Waals surface area contributed by atoms with Crippen molar-refractivity contribution in [3.05, 3.63) is 78.8 Å². The summed E-state index contributed by atoms with van der Waals surface area (Å²) in [5.41, 5.74) is 2.55. The number of nitro benzene ring substituents is 1. The molecule has 0 fully saturated rings.